The predicted octanol–water partition coefficient (Wildman–Crippen LogP) is 2.27. The van der Waals surface area contributed by atoms with Gasteiger partial charge < -0.3 is 20.0 Å². The molecule has 0 saturated heterocycles. The fourth-order valence-corrected chi connectivity index (χ4v) is 3.01. The van der Waals surface area contributed by atoms with Crippen LogP contribution in [0.25, 0.3) is 22.7 Å². The van der Waals surface area contributed by atoms with Gasteiger partial charge in [0.15, 0.2) is 11.6 Å². The van der Waals surface area contributed by atoms with E-state index in [1.165, 1.54) is 0 Å². The van der Waals surface area contributed by atoms with Gasteiger partial charge in [0.05, 0.1) is 18.1 Å². The van der Waals surface area contributed by atoms with Crippen molar-refractivity contribution in [3.63, 3.8) is 0 Å². The van der Waals surface area contributed by atoms with Crippen molar-refractivity contribution in [2.75, 3.05) is 13.7 Å². The second kappa shape index (κ2) is 5.09. The van der Waals surface area contributed by atoms with Crippen LogP contribution >= 0.6 is 0 Å². The number of hydrogen-bond donors (Lipinski definition) is 3. The van der Waals surface area contributed by atoms with Gasteiger partial charge in [-0.2, -0.15) is 0 Å². The minimum atomic E-state index is -0.143. The zero-order valence-corrected chi connectivity index (χ0v) is 13.9. The Morgan fingerprint density at radius 3 is 2.75 bits per heavy atom. The Bertz CT molecular complexity index is 938. The summed E-state index contributed by atoms with van der Waals surface area (Å²) in [5.41, 5.74) is 2.96. The Morgan fingerprint density at radius 2 is 1.96 bits per heavy atom. The minimum absolute atomic E-state index is 0.0219. The number of fused-ring (bicyclic) bond motifs is 2. The lowest BCUT2D eigenvalue weighted by Crippen LogP contribution is -2.32. The van der Waals surface area contributed by atoms with Crippen molar-refractivity contribution >= 4 is 16.9 Å². The molecular weight excluding hydrogens is 306 g/mol. The predicted molar refractivity (Wildman–Crippen MR) is 90.0 cm³/mol. The van der Waals surface area contributed by atoms with E-state index in [9.17, 15) is 4.79 Å². The summed E-state index contributed by atoms with van der Waals surface area (Å²) in [5, 5.41) is 2.93. The Kier molecular flexibility index (Phi) is 3.13. The molecule has 3 N–H and O–H groups in total. The highest BCUT2D eigenvalue weighted by Gasteiger charge is 2.30. The summed E-state index contributed by atoms with van der Waals surface area (Å²) in [6.07, 6.45) is 0.752. The van der Waals surface area contributed by atoms with E-state index in [0.717, 1.165) is 28.9 Å². The Balaban J connectivity index is 1.78. The quantitative estimate of drug-likeness (QED) is 0.673. The largest absolute Gasteiger partial charge is 0.497 e. The number of nitrogens with one attached hydrogen (secondary N) is 3. The molecular formula is C17H19N5O2. The number of carbonyl (C=O) groups excluding carboxylic acids is 1. The zero-order chi connectivity index (χ0) is 16.9. The normalized spacial score (nSPS) is 16.5. The number of nitrogens with zero attached hydrogens (tertiary/aromatic N) is 2. The molecule has 0 atom stereocenters. The number of aromatic amines is 2. The van der Waals surface area contributed by atoms with Crippen molar-refractivity contribution in [1.29, 1.82) is 0 Å². The van der Waals surface area contributed by atoms with Crippen LogP contribution in [0.2, 0.25) is 0 Å². The number of amides is 1. The topological polar surface area (TPSA) is 95.7 Å². The van der Waals surface area contributed by atoms with E-state index in [0.29, 0.717) is 23.9 Å². The van der Waals surface area contributed by atoms with Crippen molar-refractivity contribution in [3.8, 4) is 17.4 Å². The van der Waals surface area contributed by atoms with E-state index in [4.69, 9.17) is 4.74 Å². The number of H-pyrrole nitrogens is 2. The van der Waals surface area contributed by atoms with Crippen molar-refractivity contribution in [2.45, 2.75) is 20.3 Å². The van der Waals surface area contributed by atoms with Gasteiger partial charge in [-0.1, -0.05) is 13.8 Å². The van der Waals surface area contributed by atoms with Gasteiger partial charge in [-0.15, -0.1) is 0 Å². The SMILES string of the molecule is COc1ccc2nc(-c3nc4c([nH]3)CC(C)(C)CNC4=O)[nH]c2c1. The Hall–Kier alpha value is -2.83. The molecule has 1 aliphatic heterocycles. The van der Waals surface area contributed by atoms with E-state index in [1.807, 2.05) is 18.2 Å². The molecule has 0 unspecified atom stereocenters. The van der Waals surface area contributed by atoms with Crippen molar-refractivity contribution in [1.82, 2.24) is 25.3 Å². The molecule has 1 aliphatic rings. The first-order valence-electron chi connectivity index (χ1n) is 7.86. The number of hydrogen-bond acceptors (Lipinski definition) is 4. The van der Waals surface area contributed by atoms with Gasteiger partial charge in [-0.3, -0.25) is 4.79 Å². The van der Waals surface area contributed by atoms with Crippen molar-refractivity contribution < 1.29 is 9.53 Å². The zero-order valence-electron chi connectivity index (χ0n) is 13.9. The fourth-order valence-electron chi connectivity index (χ4n) is 3.01. The maximum atomic E-state index is 12.3. The molecule has 124 valence electrons. The van der Waals surface area contributed by atoms with E-state index < -0.39 is 0 Å². The highest BCUT2D eigenvalue weighted by molar-refractivity contribution is 5.94. The number of imidazole rings is 2. The summed E-state index contributed by atoms with van der Waals surface area (Å²) in [4.78, 5) is 27.8. The average molecular weight is 325 g/mol. The molecule has 2 aromatic heterocycles. The maximum Gasteiger partial charge on any atom is 0.271 e. The first-order valence-corrected chi connectivity index (χ1v) is 7.86. The molecule has 0 radical (unpaired) electrons. The van der Waals surface area contributed by atoms with Crippen molar-refractivity contribution in [3.05, 3.63) is 29.6 Å². The van der Waals surface area contributed by atoms with E-state index in [1.54, 1.807) is 7.11 Å². The highest BCUT2D eigenvalue weighted by Crippen LogP contribution is 2.28. The third-order valence-electron chi connectivity index (χ3n) is 4.29. The van der Waals surface area contributed by atoms with Crippen LogP contribution in [-0.4, -0.2) is 39.5 Å². The lowest BCUT2D eigenvalue weighted by molar-refractivity contribution is 0.0940. The van der Waals surface area contributed by atoms with Crippen LogP contribution in [-0.2, 0) is 6.42 Å². The molecule has 0 fully saturated rings. The molecule has 0 saturated carbocycles. The summed E-state index contributed by atoms with van der Waals surface area (Å²) < 4.78 is 5.23. The number of aromatic nitrogens is 4. The molecule has 1 amide bonds. The lowest BCUT2D eigenvalue weighted by Gasteiger charge is -2.21. The average Bonchev–Trinajstić information content (AvgIpc) is 3.12. The molecule has 1 aromatic carbocycles. The monoisotopic (exact) mass is 325 g/mol. The van der Waals surface area contributed by atoms with Gasteiger partial charge in [0, 0.05) is 18.3 Å². The van der Waals surface area contributed by atoms with Crippen LogP contribution < -0.4 is 10.1 Å². The minimum Gasteiger partial charge on any atom is -0.497 e. The third kappa shape index (κ3) is 2.42. The van der Waals surface area contributed by atoms with Crippen LogP contribution in [0.1, 0.15) is 30.0 Å². The standard InChI is InChI=1S/C17H19N5O2/c1-17(2)7-12-13(16(23)18-8-17)22-15(21-12)14-19-10-5-4-9(24-3)6-11(10)20-14/h4-6H,7-8H2,1-3H3,(H,18,23)(H,19,20)(H,21,22). The molecule has 0 bridgehead atoms. The molecule has 3 heterocycles. The number of carbonyl (C=O) groups is 1. The summed E-state index contributed by atoms with van der Waals surface area (Å²) in [6.45, 7) is 4.88. The molecule has 7 heteroatoms. The molecule has 24 heavy (non-hydrogen) atoms. The van der Waals surface area contributed by atoms with Crippen LogP contribution in [0.5, 0.6) is 5.75 Å². The summed E-state index contributed by atoms with van der Waals surface area (Å²) >= 11 is 0. The van der Waals surface area contributed by atoms with Gasteiger partial charge in [0.25, 0.3) is 5.91 Å². The summed E-state index contributed by atoms with van der Waals surface area (Å²) in [7, 11) is 1.63. The second-order valence-corrected chi connectivity index (χ2v) is 6.90. The van der Waals surface area contributed by atoms with Crippen LogP contribution in [0.3, 0.4) is 0 Å². The fraction of sp³-hybridized carbons (Fsp3) is 0.353. The number of benzene rings is 1. The van der Waals surface area contributed by atoms with E-state index in [-0.39, 0.29) is 11.3 Å². The number of rotatable bonds is 2. The van der Waals surface area contributed by atoms with Gasteiger partial charge in [0.1, 0.15) is 11.4 Å². The molecule has 3 aromatic rings. The summed E-state index contributed by atoms with van der Waals surface area (Å²) in [5.74, 6) is 1.80. The molecule has 0 spiro atoms. The Labute approximate surface area is 138 Å². The van der Waals surface area contributed by atoms with Gasteiger partial charge in [0.2, 0.25) is 0 Å². The first-order chi connectivity index (χ1) is 11.4. The van der Waals surface area contributed by atoms with Crippen LogP contribution in [0.4, 0.5) is 0 Å². The second-order valence-electron chi connectivity index (χ2n) is 6.90. The first kappa shape index (κ1) is 14.7. The highest BCUT2D eigenvalue weighted by atomic mass is 16.5. The Morgan fingerprint density at radius 1 is 1.17 bits per heavy atom. The maximum absolute atomic E-state index is 12.3. The molecule has 7 nitrogen and oxygen atoms in total. The van der Waals surface area contributed by atoms with Crippen LogP contribution in [0, 0.1) is 5.41 Å². The van der Waals surface area contributed by atoms with Gasteiger partial charge in [-0.25, -0.2) is 9.97 Å². The lowest BCUT2D eigenvalue weighted by atomic mass is 9.88. The number of methoxy groups -OCH3 is 1. The van der Waals surface area contributed by atoms with E-state index in [2.05, 4.69) is 39.1 Å². The van der Waals surface area contributed by atoms with Crippen molar-refractivity contribution in [2.24, 2.45) is 5.41 Å². The number of ether oxygens (including phenoxy) is 1. The van der Waals surface area contributed by atoms with Crippen LogP contribution in [0.15, 0.2) is 18.2 Å². The smallest absolute Gasteiger partial charge is 0.271 e. The van der Waals surface area contributed by atoms with Gasteiger partial charge in [-0.05, 0) is 24.0 Å². The molecule has 4 rings (SSSR count). The third-order valence-corrected chi connectivity index (χ3v) is 4.29. The molecule has 0 aliphatic carbocycles. The summed E-state index contributed by atoms with van der Waals surface area (Å²) in [6, 6.07) is 5.63. The van der Waals surface area contributed by atoms with Gasteiger partial charge >= 0.3 is 0 Å². The van der Waals surface area contributed by atoms with E-state index >= 15 is 0 Å².